The molecule has 0 fully saturated rings. The molecule has 0 saturated heterocycles. The van der Waals surface area contributed by atoms with Crippen molar-refractivity contribution in [2.75, 3.05) is 11.9 Å². The number of halogens is 2. The number of nitrogens with zero attached hydrogens (tertiary/aromatic N) is 1. The third kappa shape index (κ3) is 2.62. The highest BCUT2D eigenvalue weighted by atomic mass is 35.5. The number of aromatic hydroxyl groups is 1. The molecule has 2 aromatic carbocycles. The topological polar surface area (TPSA) is 44.6 Å². The minimum absolute atomic E-state index is 0.271. The molecular formula is C15H10ClFN2OS. The van der Waals surface area contributed by atoms with Crippen LogP contribution in [0.15, 0.2) is 41.4 Å². The lowest BCUT2D eigenvalue weighted by Crippen LogP contribution is -2.11. The molecule has 0 spiro atoms. The van der Waals surface area contributed by atoms with E-state index in [4.69, 9.17) is 23.8 Å². The van der Waals surface area contributed by atoms with Crippen LogP contribution in [0.25, 0.3) is 0 Å². The van der Waals surface area contributed by atoms with Gasteiger partial charge in [-0.2, -0.15) is 0 Å². The average molecular weight is 321 g/mol. The Kier molecular flexibility index (Phi) is 3.61. The fourth-order valence-electron chi connectivity index (χ4n) is 2.17. The number of anilines is 1. The molecule has 1 aliphatic heterocycles. The molecule has 0 radical (unpaired) electrons. The molecule has 0 atom stereocenters. The molecule has 0 bridgehead atoms. The van der Waals surface area contributed by atoms with Gasteiger partial charge in [0.1, 0.15) is 4.99 Å². The van der Waals surface area contributed by atoms with Gasteiger partial charge in [-0.1, -0.05) is 42.0 Å². The first-order valence-corrected chi connectivity index (χ1v) is 6.97. The molecule has 2 aromatic rings. The number of phenols is 1. The largest absolute Gasteiger partial charge is 0.505 e. The number of fused-ring (bicyclic) bond motifs is 1. The summed E-state index contributed by atoms with van der Waals surface area (Å²) in [6.07, 6.45) is 0. The summed E-state index contributed by atoms with van der Waals surface area (Å²) in [4.78, 5) is 4.92. The van der Waals surface area contributed by atoms with Crippen LogP contribution in [0.5, 0.6) is 5.75 Å². The summed E-state index contributed by atoms with van der Waals surface area (Å²) in [6, 6.07) is 9.72. The van der Waals surface area contributed by atoms with Crippen molar-refractivity contribution in [2.45, 2.75) is 0 Å². The van der Waals surface area contributed by atoms with E-state index in [0.29, 0.717) is 32.5 Å². The molecule has 0 aromatic heterocycles. The van der Waals surface area contributed by atoms with E-state index < -0.39 is 11.6 Å². The van der Waals surface area contributed by atoms with E-state index in [0.717, 1.165) is 0 Å². The van der Waals surface area contributed by atoms with Crippen LogP contribution < -0.4 is 5.32 Å². The third-order valence-electron chi connectivity index (χ3n) is 3.13. The summed E-state index contributed by atoms with van der Waals surface area (Å²) in [5.74, 6) is -1.16. The highest BCUT2D eigenvalue weighted by Gasteiger charge is 2.20. The zero-order chi connectivity index (χ0) is 15.0. The molecule has 0 saturated carbocycles. The minimum Gasteiger partial charge on any atom is -0.505 e. The first-order chi connectivity index (χ1) is 10.1. The van der Waals surface area contributed by atoms with Gasteiger partial charge in [-0.25, -0.2) is 4.39 Å². The Morgan fingerprint density at radius 1 is 1.24 bits per heavy atom. The van der Waals surface area contributed by atoms with Crippen LogP contribution in [0.1, 0.15) is 11.1 Å². The van der Waals surface area contributed by atoms with E-state index in [1.165, 1.54) is 12.1 Å². The number of nitrogens with one attached hydrogen (secondary N) is 1. The number of benzene rings is 2. The van der Waals surface area contributed by atoms with Crippen LogP contribution in [0.3, 0.4) is 0 Å². The number of hydrogen-bond donors (Lipinski definition) is 2. The standard InChI is InChI=1S/C15H10ClFN2OS/c16-10-4-2-1-3-8(10)15-9-5-11(17)13(20)6-12(9)19-14(21)7-18-15/h1-6,20H,7H2,(H,19,21). The van der Waals surface area contributed by atoms with Crippen LogP contribution in [0, 0.1) is 5.82 Å². The summed E-state index contributed by atoms with van der Waals surface area (Å²) in [5.41, 5.74) is 2.26. The van der Waals surface area contributed by atoms with Crippen molar-refractivity contribution in [1.29, 1.82) is 0 Å². The Balaban J connectivity index is 2.25. The van der Waals surface area contributed by atoms with Gasteiger partial charge in [0.05, 0.1) is 17.9 Å². The zero-order valence-corrected chi connectivity index (χ0v) is 12.3. The summed E-state index contributed by atoms with van der Waals surface area (Å²) < 4.78 is 13.7. The zero-order valence-electron chi connectivity index (χ0n) is 10.7. The lowest BCUT2D eigenvalue weighted by molar-refractivity contribution is 0.433. The van der Waals surface area contributed by atoms with Crippen LogP contribution in [0.4, 0.5) is 10.1 Å². The van der Waals surface area contributed by atoms with Gasteiger partial charge in [0.25, 0.3) is 0 Å². The number of aliphatic imine (C=N–C) groups is 1. The van der Waals surface area contributed by atoms with Crippen LogP contribution >= 0.6 is 23.8 Å². The van der Waals surface area contributed by atoms with E-state index in [2.05, 4.69) is 10.3 Å². The normalized spacial score (nSPS) is 14.0. The van der Waals surface area contributed by atoms with E-state index in [-0.39, 0.29) is 6.54 Å². The summed E-state index contributed by atoms with van der Waals surface area (Å²) >= 11 is 11.4. The smallest absolute Gasteiger partial charge is 0.165 e. The van der Waals surface area contributed by atoms with Crippen LogP contribution in [-0.2, 0) is 0 Å². The molecule has 3 nitrogen and oxygen atoms in total. The van der Waals surface area contributed by atoms with E-state index in [1.54, 1.807) is 6.07 Å². The summed E-state index contributed by atoms with van der Waals surface area (Å²) in [7, 11) is 0. The van der Waals surface area contributed by atoms with Crippen molar-refractivity contribution >= 4 is 40.2 Å². The second kappa shape index (κ2) is 5.42. The third-order valence-corrected chi connectivity index (χ3v) is 3.69. The Morgan fingerprint density at radius 3 is 2.76 bits per heavy atom. The van der Waals surface area contributed by atoms with Crippen molar-refractivity contribution < 1.29 is 9.50 Å². The van der Waals surface area contributed by atoms with Gasteiger partial charge in [-0.15, -0.1) is 0 Å². The molecule has 6 heteroatoms. The van der Waals surface area contributed by atoms with Gasteiger partial charge in [0, 0.05) is 22.2 Å². The average Bonchev–Trinajstić information content (AvgIpc) is 2.59. The number of rotatable bonds is 1. The van der Waals surface area contributed by atoms with Crippen molar-refractivity contribution in [2.24, 2.45) is 4.99 Å². The Bertz CT molecular complexity index is 776. The van der Waals surface area contributed by atoms with Crippen molar-refractivity contribution in [3.63, 3.8) is 0 Å². The van der Waals surface area contributed by atoms with Crippen molar-refractivity contribution in [1.82, 2.24) is 0 Å². The van der Waals surface area contributed by atoms with Gasteiger partial charge in [-0.3, -0.25) is 4.99 Å². The maximum Gasteiger partial charge on any atom is 0.165 e. The lowest BCUT2D eigenvalue weighted by atomic mass is 10.00. The number of phenolic OH excluding ortho intramolecular Hbond substituents is 1. The quantitative estimate of drug-likeness (QED) is 0.786. The molecule has 1 heterocycles. The van der Waals surface area contributed by atoms with Crippen LogP contribution in [-0.4, -0.2) is 22.4 Å². The highest BCUT2D eigenvalue weighted by Crippen LogP contribution is 2.31. The minimum atomic E-state index is -0.719. The molecule has 0 amide bonds. The molecule has 3 rings (SSSR count). The second-order valence-electron chi connectivity index (χ2n) is 4.54. The lowest BCUT2D eigenvalue weighted by Gasteiger charge is -2.12. The van der Waals surface area contributed by atoms with E-state index in [1.807, 2.05) is 18.2 Å². The van der Waals surface area contributed by atoms with Crippen molar-refractivity contribution in [3.05, 3.63) is 58.4 Å². The van der Waals surface area contributed by atoms with Crippen LogP contribution in [0.2, 0.25) is 5.02 Å². The molecule has 0 unspecified atom stereocenters. The Morgan fingerprint density at radius 2 is 2.00 bits per heavy atom. The SMILES string of the molecule is Oc1cc2c(cc1F)C(c1ccccc1Cl)=NCC(=S)N2. The summed E-state index contributed by atoms with van der Waals surface area (Å²) in [5, 5.41) is 13.0. The fourth-order valence-corrected chi connectivity index (χ4v) is 2.57. The second-order valence-corrected chi connectivity index (χ2v) is 5.44. The van der Waals surface area contributed by atoms with Crippen molar-refractivity contribution in [3.8, 4) is 5.75 Å². The number of benzodiazepines with no additional fused rings is 1. The molecule has 2 N–H and O–H groups in total. The maximum atomic E-state index is 13.7. The van der Waals surface area contributed by atoms with Gasteiger partial charge >= 0.3 is 0 Å². The van der Waals surface area contributed by atoms with E-state index in [9.17, 15) is 9.50 Å². The van der Waals surface area contributed by atoms with Gasteiger partial charge < -0.3 is 10.4 Å². The Hall–Kier alpha value is -1.98. The van der Waals surface area contributed by atoms with Gasteiger partial charge in [0.2, 0.25) is 0 Å². The molecule has 0 aliphatic carbocycles. The predicted molar refractivity (Wildman–Crippen MR) is 86.2 cm³/mol. The predicted octanol–water partition coefficient (Wildman–Crippen LogP) is 3.78. The first-order valence-electron chi connectivity index (χ1n) is 6.18. The Labute approximate surface area is 131 Å². The van der Waals surface area contributed by atoms with Gasteiger partial charge in [-0.05, 0) is 12.1 Å². The summed E-state index contributed by atoms with van der Waals surface area (Å²) in [6.45, 7) is 0.271. The molecule has 1 aliphatic rings. The highest BCUT2D eigenvalue weighted by molar-refractivity contribution is 7.80. The molecule has 106 valence electrons. The number of hydrogen-bond acceptors (Lipinski definition) is 3. The number of thiocarbonyl (C=S) groups is 1. The fraction of sp³-hybridized carbons (Fsp3) is 0.0667. The monoisotopic (exact) mass is 320 g/mol. The molecule has 21 heavy (non-hydrogen) atoms. The van der Waals surface area contributed by atoms with E-state index >= 15 is 0 Å². The first kappa shape index (κ1) is 14.0. The molecular weight excluding hydrogens is 311 g/mol. The maximum absolute atomic E-state index is 13.7. The van der Waals surface area contributed by atoms with Gasteiger partial charge in [0.15, 0.2) is 11.6 Å².